The van der Waals surface area contributed by atoms with Gasteiger partial charge in [-0.3, -0.25) is 4.79 Å². The molecule has 0 radical (unpaired) electrons. The second-order valence-electron chi connectivity index (χ2n) is 5.69. The van der Waals surface area contributed by atoms with E-state index in [9.17, 15) is 9.90 Å². The average Bonchev–Trinajstić information content (AvgIpc) is 3.07. The summed E-state index contributed by atoms with van der Waals surface area (Å²) < 4.78 is 4.98. The number of carbonyl (C=O) groups excluding carboxylic acids is 1. The first-order valence-electron chi connectivity index (χ1n) is 6.88. The largest absolute Gasteiger partial charge is 0.472 e. The van der Waals surface area contributed by atoms with Gasteiger partial charge in [-0.1, -0.05) is 0 Å². The number of aliphatic hydroxyl groups is 1. The van der Waals surface area contributed by atoms with Gasteiger partial charge in [-0.05, 0) is 37.4 Å². The molecule has 6 heteroatoms. The molecule has 0 aliphatic carbocycles. The zero-order chi connectivity index (χ0) is 13.3. The number of likely N-dealkylation sites (tertiary alicyclic amines) is 1. The lowest BCUT2D eigenvalue weighted by molar-refractivity contribution is 0.0755. The quantitative estimate of drug-likeness (QED) is 0.859. The van der Waals surface area contributed by atoms with Gasteiger partial charge in [0.2, 0.25) is 0 Å². The summed E-state index contributed by atoms with van der Waals surface area (Å²) in [4.78, 5) is 14.2. The third kappa shape index (κ3) is 2.57. The Morgan fingerprint density at radius 1 is 1.50 bits per heavy atom. The Labute approximate surface area is 124 Å². The van der Waals surface area contributed by atoms with Gasteiger partial charge < -0.3 is 19.7 Å². The molecule has 2 aliphatic rings. The number of nitrogens with one attached hydrogen (secondary N) is 1. The Balaban J connectivity index is 0.00000147. The van der Waals surface area contributed by atoms with E-state index in [0.29, 0.717) is 12.1 Å². The van der Waals surface area contributed by atoms with Crippen molar-refractivity contribution in [2.45, 2.75) is 12.8 Å². The van der Waals surface area contributed by atoms with Crippen LogP contribution in [0, 0.1) is 11.3 Å². The summed E-state index contributed by atoms with van der Waals surface area (Å²) in [7, 11) is 0. The smallest absolute Gasteiger partial charge is 0.257 e. The van der Waals surface area contributed by atoms with Gasteiger partial charge >= 0.3 is 0 Å². The van der Waals surface area contributed by atoms with Crippen LogP contribution in [0.4, 0.5) is 0 Å². The predicted octanol–water partition coefficient (Wildman–Crippen LogP) is 1.14. The molecule has 1 spiro atoms. The lowest BCUT2D eigenvalue weighted by Gasteiger charge is -2.37. The number of aliphatic hydroxyl groups excluding tert-OH is 1. The van der Waals surface area contributed by atoms with Crippen molar-refractivity contribution in [3.8, 4) is 0 Å². The van der Waals surface area contributed by atoms with Gasteiger partial charge in [0.25, 0.3) is 5.91 Å². The van der Waals surface area contributed by atoms with E-state index in [4.69, 9.17) is 4.42 Å². The van der Waals surface area contributed by atoms with Crippen LogP contribution in [0.1, 0.15) is 23.2 Å². The fraction of sp³-hybridized carbons (Fsp3) is 0.643. The first-order chi connectivity index (χ1) is 9.25. The molecule has 2 N–H and O–H groups in total. The molecule has 0 aromatic carbocycles. The Morgan fingerprint density at radius 2 is 2.25 bits per heavy atom. The van der Waals surface area contributed by atoms with E-state index in [-0.39, 0.29) is 36.3 Å². The van der Waals surface area contributed by atoms with E-state index in [1.807, 2.05) is 4.90 Å². The van der Waals surface area contributed by atoms with Crippen LogP contribution >= 0.6 is 12.4 Å². The fourth-order valence-electron chi connectivity index (χ4n) is 3.50. The summed E-state index contributed by atoms with van der Waals surface area (Å²) in [5.41, 5.74) is 0.696. The van der Waals surface area contributed by atoms with Crippen molar-refractivity contribution in [3.63, 3.8) is 0 Å². The van der Waals surface area contributed by atoms with Crippen molar-refractivity contribution < 1.29 is 14.3 Å². The molecule has 3 rings (SSSR count). The fourth-order valence-corrected chi connectivity index (χ4v) is 3.50. The molecule has 0 saturated carbocycles. The third-order valence-corrected chi connectivity index (χ3v) is 4.69. The summed E-state index contributed by atoms with van der Waals surface area (Å²) in [6.45, 7) is 3.52. The van der Waals surface area contributed by atoms with Crippen molar-refractivity contribution >= 4 is 18.3 Å². The van der Waals surface area contributed by atoms with E-state index in [0.717, 1.165) is 32.5 Å². The van der Waals surface area contributed by atoms with E-state index in [1.54, 1.807) is 6.07 Å². The van der Waals surface area contributed by atoms with E-state index in [2.05, 4.69) is 5.32 Å². The average molecular weight is 301 g/mol. The van der Waals surface area contributed by atoms with Gasteiger partial charge in [0, 0.05) is 25.6 Å². The van der Waals surface area contributed by atoms with Crippen LogP contribution in [0.5, 0.6) is 0 Å². The van der Waals surface area contributed by atoms with Gasteiger partial charge in [-0.2, -0.15) is 0 Å². The third-order valence-electron chi connectivity index (χ3n) is 4.69. The summed E-state index contributed by atoms with van der Waals surface area (Å²) in [5.74, 6) is 0.216. The summed E-state index contributed by atoms with van der Waals surface area (Å²) >= 11 is 0. The van der Waals surface area contributed by atoms with Crippen LogP contribution < -0.4 is 5.32 Å². The molecular weight excluding hydrogens is 280 g/mol. The van der Waals surface area contributed by atoms with Crippen molar-refractivity contribution in [1.29, 1.82) is 0 Å². The summed E-state index contributed by atoms with van der Waals surface area (Å²) in [6, 6.07) is 1.70. The normalized spacial score (nSPS) is 24.6. The zero-order valence-electron chi connectivity index (χ0n) is 11.4. The lowest BCUT2D eigenvalue weighted by atomic mass is 9.71. The van der Waals surface area contributed by atoms with Crippen LogP contribution in [0.3, 0.4) is 0 Å². The second-order valence-corrected chi connectivity index (χ2v) is 5.69. The number of hydrogen-bond donors (Lipinski definition) is 2. The highest BCUT2D eigenvalue weighted by Crippen LogP contribution is 2.43. The van der Waals surface area contributed by atoms with Gasteiger partial charge in [-0.15, -0.1) is 12.4 Å². The number of carbonyl (C=O) groups is 1. The molecular formula is C14H21ClN2O3. The standard InChI is InChI=1S/C14H20N2O3.ClH/c17-8-12-7-16(13(18)11-1-6-19-9-11)10-14(12)2-4-15-5-3-14;/h1,6,9,12,15,17H,2-5,7-8,10H2;1H. The van der Waals surface area contributed by atoms with Crippen LogP contribution in [-0.4, -0.2) is 48.7 Å². The highest BCUT2D eigenvalue weighted by Gasteiger charge is 2.47. The van der Waals surface area contributed by atoms with Crippen molar-refractivity contribution in [3.05, 3.63) is 24.2 Å². The number of halogens is 1. The molecule has 3 heterocycles. The van der Waals surface area contributed by atoms with Crippen LogP contribution in [0.25, 0.3) is 0 Å². The topological polar surface area (TPSA) is 65.7 Å². The van der Waals surface area contributed by atoms with Crippen molar-refractivity contribution in [2.75, 3.05) is 32.8 Å². The highest BCUT2D eigenvalue weighted by atomic mass is 35.5. The highest BCUT2D eigenvalue weighted by molar-refractivity contribution is 5.94. The molecule has 112 valence electrons. The number of nitrogens with zero attached hydrogens (tertiary/aromatic N) is 1. The maximum absolute atomic E-state index is 12.4. The summed E-state index contributed by atoms with van der Waals surface area (Å²) in [5, 5.41) is 13.0. The van der Waals surface area contributed by atoms with E-state index in [1.165, 1.54) is 12.5 Å². The second kappa shape index (κ2) is 6.16. The minimum atomic E-state index is 0. The van der Waals surface area contributed by atoms with E-state index >= 15 is 0 Å². The van der Waals surface area contributed by atoms with Crippen molar-refractivity contribution in [2.24, 2.45) is 11.3 Å². The molecule has 0 bridgehead atoms. The van der Waals surface area contributed by atoms with Gasteiger partial charge in [0.05, 0.1) is 11.8 Å². The lowest BCUT2D eigenvalue weighted by Crippen LogP contribution is -2.43. The van der Waals surface area contributed by atoms with Gasteiger partial charge in [0.1, 0.15) is 6.26 Å². The molecule has 5 nitrogen and oxygen atoms in total. The first kappa shape index (κ1) is 15.4. The Hall–Kier alpha value is -1.04. The number of hydrogen-bond acceptors (Lipinski definition) is 4. The molecule has 1 aromatic rings. The van der Waals surface area contributed by atoms with E-state index < -0.39 is 0 Å². The maximum atomic E-state index is 12.4. The van der Waals surface area contributed by atoms with Crippen molar-refractivity contribution in [1.82, 2.24) is 10.2 Å². The van der Waals surface area contributed by atoms with Crippen LogP contribution in [0.15, 0.2) is 23.0 Å². The molecule has 1 unspecified atom stereocenters. The van der Waals surface area contributed by atoms with Crippen LogP contribution in [-0.2, 0) is 0 Å². The van der Waals surface area contributed by atoms with Gasteiger partial charge in [-0.25, -0.2) is 0 Å². The number of furan rings is 1. The molecule has 20 heavy (non-hydrogen) atoms. The molecule has 2 aliphatic heterocycles. The number of rotatable bonds is 2. The molecule has 2 fully saturated rings. The monoisotopic (exact) mass is 300 g/mol. The Bertz CT molecular complexity index is 443. The number of amides is 1. The molecule has 1 amide bonds. The zero-order valence-corrected chi connectivity index (χ0v) is 12.2. The minimum absolute atomic E-state index is 0. The minimum Gasteiger partial charge on any atom is -0.472 e. The molecule has 2 saturated heterocycles. The van der Waals surface area contributed by atoms with Gasteiger partial charge in [0.15, 0.2) is 0 Å². The summed E-state index contributed by atoms with van der Waals surface area (Å²) in [6.07, 6.45) is 5.08. The SMILES string of the molecule is Cl.O=C(c1ccoc1)N1CC(CO)C2(CCNCC2)C1. The molecule has 1 aromatic heterocycles. The first-order valence-corrected chi connectivity index (χ1v) is 6.88. The Morgan fingerprint density at radius 3 is 2.85 bits per heavy atom. The maximum Gasteiger partial charge on any atom is 0.257 e. The van der Waals surface area contributed by atoms with Crippen LogP contribution in [0.2, 0.25) is 0 Å². The number of piperidine rings is 1. The molecule has 1 atom stereocenters. The predicted molar refractivity (Wildman–Crippen MR) is 77.0 cm³/mol. The Kier molecular flexibility index (Phi) is 4.73.